The summed E-state index contributed by atoms with van der Waals surface area (Å²) in [4.78, 5) is 4.01. The van der Waals surface area contributed by atoms with Crippen molar-refractivity contribution < 1.29 is 9.15 Å². The molecule has 0 aliphatic carbocycles. The molecule has 0 atom stereocenters. The quantitative estimate of drug-likeness (QED) is 0.709. The molecule has 0 bridgehead atoms. The Balaban J connectivity index is 2.12. The molecule has 0 N–H and O–H groups in total. The fourth-order valence-corrected chi connectivity index (χ4v) is 2.11. The van der Waals surface area contributed by atoms with E-state index in [9.17, 15) is 0 Å². The Labute approximate surface area is 117 Å². The molecular weight excluding hydrogens is 308 g/mol. The number of fused-ring (bicyclic) bond motifs is 1. The largest absolute Gasteiger partial charge is 0.450 e. The minimum absolute atomic E-state index is 0.154. The van der Waals surface area contributed by atoms with Gasteiger partial charge < -0.3 is 9.15 Å². The summed E-state index contributed by atoms with van der Waals surface area (Å²) in [6.45, 7) is 0. The van der Waals surface area contributed by atoms with Gasteiger partial charge in [-0.25, -0.2) is 0 Å². The number of nitrogens with zero attached hydrogens (tertiary/aromatic N) is 2. The van der Waals surface area contributed by atoms with Crippen molar-refractivity contribution in [1.82, 2.24) is 4.98 Å². The van der Waals surface area contributed by atoms with Crippen LogP contribution in [0.15, 0.2) is 51.6 Å². The highest BCUT2D eigenvalue weighted by Gasteiger charge is 2.16. The maximum absolute atomic E-state index is 9.10. The number of rotatable bonds is 2. The van der Waals surface area contributed by atoms with Gasteiger partial charge in [0.05, 0.1) is 11.6 Å². The van der Waals surface area contributed by atoms with Gasteiger partial charge in [-0.2, -0.15) is 5.26 Å². The Morgan fingerprint density at radius 2 is 2.11 bits per heavy atom. The van der Waals surface area contributed by atoms with E-state index in [1.807, 2.05) is 24.3 Å². The van der Waals surface area contributed by atoms with Gasteiger partial charge in [0.15, 0.2) is 5.75 Å². The van der Waals surface area contributed by atoms with Crippen molar-refractivity contribution in [3.63, 3.8) is 0 Å². The fraction of sp³-hybridized carbons (Fsp3) is 0. The molecule has 2 aromatic heterocycles. The Morgan fingerprint density at radius 1 is 1.26 bits per heavy atom. The molecule has 3 rings (SSSR count). The number of ether oxygens (including phenoxy) is 1. The number of aromatic nitrogens is 1. The van der Waals surface area contributed by atoms with E-state index in [-0.39, 0.29) is 5.76 Å². The second-order valence-electron chi connectivity index (χ2n) is 3.81. The van der Waals surface area contributed by atoms with Crippen LogP contribution >= 0.6 is 15.9 Å². The van der Waals surface area contributed by atoms with Gasteiger partial charge in [-0.15, -0.1) is 0 Å². The molecule has 5 heteroatoms. The lowest BCUT2D eigenvalue weighted by Gasteiger charge is -2.03. The zero-order chi connectivity index (χ0) is 13.2. The van der Waals surface area contributed by atoms with Crippen LogP contribution in [0, 0.1) is 11.3 Å². The topological polar surface area (TPSA) is 59.0 Å². The van der Waals surface area contributed by atoms with Gasteiger partial charge in [-0.3, -0.25) is 4.98 Å². The normalized spacial score (nSPS) is 10.3. The number of pyridine rings is 1. The molecule has 0 saturated heterocycles. The number of furan rings is 1. The number of halogens is 1. The number of hydrogen-bond donors (Lipinski definition) is 0. The monoisotopic (exact) mass is 314 g/mol. The molecule has 1 aromatic carbocycles. The molecule has 4 nitrogen and oxygen atoms in total. The van der Waals surface area contributed by atoms with Gasteiger partial charge in [0.1, 0.15) is 17.4 Å². The van der Waals surface area contributed by atoms with Gasteiger partial charge >= 0.3 is 0 Å². The molecule has 0 aliphatic heterocycles. The minimum Gasteiger partial charge on any atom is -0.450 e. The van der Waals surface area contributed by atoms with Crippen LogP contribution in [0.3, 0.4) is 0 Å². The van der Waals surface area contributed by atoms with Crippen molar-refractivity contribution >= 4 is 26.9 Å². The van der Waals surface area contributed by atoms with E-state index >= 15 is 0 Å². The first-order valence-electron chi connectivity index (χ1n) is 5.48. The average Bonchev–Trinajstić information content (AvgIpc) is 2.77. The van der Waals surface area contributed by atoms with Gasteiger partial charge in [-0.05, 0) is 34.1 Å². The third-order valence-electron chi connectivity index (χ3n) is 2.55. The van der Waals surface area contributed by atoms with Gasteiger partial charge in [0, 0.05) is 10.7 Å². The molecule has 0 amide bonds. The third kappa shape index (κ3) is 2.18. The molecule has 3 aromatic rings. The Hall–Kier alpha value is -2.32. The minimum atomic E-state index is 0.154. The lowest BCUT2D eigenvalue weighted by atomic mass is 10.2. The first-order valence-corrected chi connectivity index (χ1v) is 6.27. The molecule has 0 spiro atoms. The Bertz CT molecular complexity index is 789. The molecule has 0 fully saturated rings. The lowest BCUT2D eigenvalue weighted by Crippen LogP contribution is -1.86. The SMILES string of the molecule is N#Cc1oc2ccccc2c1Oc1cncc(Br)c1. The highest BCUT2D eigenvalue weighted by molar-refractivity contribution is 9.10. The molecule has 92 valence electrons. The standard InChI is InChI=1S/C14H7BrN2O2/c15-9-5-10(8-17-7-9)18-14-11-3-1-2-4-12(11)19-13(14)6-16/h1-5,7-8H. The number of para-hydroxylation sites is 1. The Morgan fingerprint density at radius 3 is 2.89 bits per heavy atom. The van der Waals surface area contributed by atoms with E-state index < -0.39 is 0 Å². The van der Waals surface area contributed by atoms with Gasteiger partial charge in [-0.1, -0.05) is 12.1 Å². The average molecular weight is 315 g/mol. The van der Waals surface area contributed by atoms with E-state index in [0.717, 1.165) is 9.86 Å². The predicted octanol–water partition coefficient (Wildman–Crippen LogP) is 4.25. The van der Waals surface area contributed by atoms with Crippen molar-refractivity contribution in [3.05, 3.63) is 53.0 Å². The van der Waals surface area contributed by atoms with Gasteiger partial charge in [0.25, 0.3) is 0 Å². The lowest BCUT2D eigenvalue weighted by molar-refractivity contribution is 0.465. The third-order valence-corrected chi connectivity index (χ3v) is 2.98. The molecule has 0 radical (unpaired) electrons. The molecule has 0 aliphatic rings. The zero-order valence-electron chi connectivity index (χ0n) is 9.63. The molecular formula is C14H7BrN2O2. The van der Waals surface area contributed by atoms with Crippen LogP contribution in [0.25, 0.3) is 11.0 Å². The number of nitriles is 1. The number of hydrogen-bond acceptors (Lipinski definition) is 4. The Kier molecular flexibility index (Phi) is 2.94. The molecule has 0 unspecified atom stereocenters. The second-order valence-corrected chi connectivity index (χ2v) is 4.72. The summed E-state index contributed by atoms with van der Waals surface area (Å²) in [6.07, 6.45) is 3.24. The van der Waals surface area contributed by atoms with E-state index in [1.54, 1.807) is 24.5 Å². The summed E-state index contributed by atoms with van der Waals surface area (Å²) >= 11 is 3.32. The summed E-state index contributed by atoms with van der Waals surface area (Å²) in [5, 5.41) is 9.87. The van der Waals surface area contributed by atoms with Crippen molar-refractivity contribution in [2.24, 2.45) is 0 Å². The van der Waals surface area contributed by atoms with Crippen LogP contribution in [-0.2, 0) is 0 Å². The van der Waals surface area contributed by atoms with E-state index in [2.05, 4.69) is 20.9 Å². The van der Waals surface area contributed by atoms with Crippen molar-refractivity contribution in [3.8, 4) is 17.6 Å². The molecule has 0 saturated carbocycles. The summed E-state index contributed by atoms with van der Waals surface area (Å²) < 4.78 is 12.0. The van der Waals surface area contributed by atoms with E-state index in [4.69, 9.17) is 14.4 Å². The summed E-state index contributed by atoms with van der Waals surface area (Å²) in [5.41, 5.74) is 0.622. The van der Waals surface area contributed by atoms with Crippen LogP contribution in [0.2, 0.25) is 0 Å². The maximum atomic E-state index is 9.10. The van der Waals surface area contributed by atoms with E-state index in [1.165, 1.54) is 0 Å². The molecule has 19 heavy (non-hydrogen) atoms. The first kappa shape index (κ1) is 11.8. The smallest absolute Gasteiger partial charge is 0.247 e. The van der Waals surface area contributed by atoms with Crippen LogP contribution in [0.1, 0.15) is 5.76 Å². The van der Waals surface area contributed by atoms with Crippen LogP contribution in [0.4, 0.5) is 0 Å². The predicted molar refractivity (Wildman–Crippen MR) is 72.9 cm³/mol. The van der Waals surface area contributed by atoms with Crippen LogP contribution in [-0.4, -0.2) is 4.98 Å². The van der Waals surface area contributed by atoms with Crippen LogP contribution in [0.5, 0.6) is 11.5 Å². The first-order chi connectivity index (χ1) is 9.28. The fourth-order valence-electron chi connectivity index (χ4n) is 1.76. The van der Waals surface area contributed by atoms with Crippen LogP contribution < -0.4 is 4.74 Å². The van der Waals surface area contributed by atoms with Gasteiger partial charge in [0.2, 0.25) is 5.76 Å². The summed E-state index contributed by atoms with van der Waals surface area (Å²) in [5.74, 6) is 1.11. The van der Waals surface area contributed by atoms with Crippen molar-refractivity contribution in [1.29, 1.82) is 5.26 Å². The highest BCUT2D eigenvalue weighted by atomic mass is 79.9. The zero-order valence-corrected chi connectivity index (χ0v) is 11.2. The summed E-state index contributed by atoms with van der Waals surface area (Å²) in [7, 11) is 0. The van der Waals surface area contributed by atoms with E-state index in [0.29, 0.717) is 17.1 Å². The summed E-state index contributed by atoms with van der Waals surface area (Å²) in [6, 6.07) is 11.1. The number of benzene rings is 1. The maximum Gasteiger partial charge on any atom is 0.247 e. The molecule has 2 heterocycles. The van der Waals surface area contributed by atoms with Crippen molar-refractivity contribution in [2.45, 2.75) is 0 Å². The second kappa shape index (κ2) is 4.75. The highest BCUT2D eigenvalue weighted by Crippen LogP contribution is 2.35. The van der Waals surface area contributed by atoms with Crippen molar-refractivity contribution in [2.75, 3.05) is 0 Å².